The second-order valence-corrected chi connectivity index (χ2v) is 12.1. The molecule has 10 nitrogen and oxygen atoms in total. The van der Waals surface area contributed by atoms with Crippen LogP contribution in [-0.4, -0.2) is 56.9 Å². The standard InChI is InChI=1S/C39H40N4O6/c1-43(26-31-24-41-38(49-31)39(47,28-9-4-2-5-10-28)29-11-6-3-7-12-29)21-8-22-48-30-15-13-27(14-16-30)23-40-25-35(45)32-17-19-34(44)37-33(32)18-20-36(46)42-37/h2-7,9-20,24,35,40,44-45,47H,8,21-23,25-26H2,1H3,(H,42,46)/t35-/m0/s1. The summed E-state index contributed by atoms with van der Waals surface area (Å²) in [5, 5.41) is 36.6. The number of hydrogen-bond donors (Lipinski definition) is 5. The Bertz CT molecular complexity index is 1970. The van der Waals surface area contributed by atoms with Crippen molar-refractivity contribution in [3.8, 4) is 11.5 Å². The monoisotopic (exact) mass is 660 g/mol. The van der Waals surface area contributed by atoms with Gasteiger partial charge in [-0.25, -0.2) is 4.98 Å². The van der Waals surface area contributed by atoms with Gasteiger partial charge in [0.2, 0.25) is 11.4 Å². The molecule has 0 aliphatic carbocycles. The van der Waals surface area contributed by atoms with E-state index in [0.29, 0.717) is 59.6 Å². The van der Waals surface area contributed by atoms with Crippen molar-refractivity contribution in [1.29, 1.82) is 0 Å². The third-order valence-corrected chi connectivity index (χ3v) is 8.48. The maximum atomic E-state index is 11.9. The Morgan fingerprint density at radius 2 is 1.63 bits per heavy atom. The third-order valence-electron chi connectivity index (χ3n) is 8.48. The molecular formula is C39H40N4O6. The van der Waals surface area contributed by atoms with Gasteiger partial charge < -0.3 is 34.8 Å². The lowest BCUT2D eigenvalue weighted by molar-refractivity contribution is 0.0899. The van der Waals surface area contributed by atoms with E-state index >= 15 is 0 Å². The average molecular weight is 661 g/mol. The minimum Gasteiger partial charge on any atom is -0.506 e. The van der Waals surface area contributed by atoms with Gasteiger partial charge in [-0.2, -0.15) is 0 Å². The fourth-order valence-electron chi connectivity index (χ4n) is 5.91. The number of aliphatic hydroxyl groups excluding tert-OH is 1. The summed E-state index contributed by atoms with van der Waals surface area (Å²) in [6.07, 6.45) is 1.65. The van der Waals surface area contributed by atoms with Gasteiger partial charge in [-0.05, 0) is 60.0 Å². The summed E-state index contributed by atoms with van der Waals surface area (Å²) in [5.41, 5.74) is 1.51. The maximum absolute atomic E-state index is 11.9. The number of rotatable bonds is 15. The quantitative estimate of drug-likeness (QED) is 0.0936. The zero-order valence-electron chi connectivity index (χ0n) is 27.3. The summed E-state index contributed by atoms with van der Waals surface area (Å²) in [4.78, 5) is 20.9. The van der Waals surface area contributed by atoms with Gasteiger partial charge >= 0.3 is 0 Å². The average Bonchev–Trinajstić information content (AvgIpc) is 3.60. The number of oxazole rings is 1. The molecule has 0 radical (unpaired) electrons. The van der Waals surface area contributed by atoms with Gasteiger partial charge in [0.15, 0.2) is 5.60 Å². The molecule has 0 saturated heterocycles. The van der Waals surface area contributed by atoms with Crippen LogP contribution >= 0.6 is 0 Å². The van der Waals surface area contributed by atoms with E-state index in [9.17, 15) is 20.1 Å². The number of ether oxygens (including phenoxy) is 1. The number of aromatic hydroxyl groups is 1. The molecule has 6 aromatic rings. The van der Waals surface area contributed by atoms with Gasteiger partial charge in [0.05, 0.1) is 31.0 Å². The second kappa shape index (κ2) is 15.3. The van der Waals surface area contributed by atoms with Crippen LogP contribution in [0.5, 0.6) is 11.5 Å². The molecule has 0 amide bonds. The zero-order valence-corrected chi connectivity index (χ0v) is 27.3. The van der Waals surface area contributed by atoms with Crippen molar-refractivity contribution in [3.05, 3.63) is 160 Å². The number of hydrogen-bond acceptors (Lipinski definition) is 9. The van der Waals surface area contributed by atoms with Crippen LogP contribution in [0, 0.1) is 0 Å². The van der Waals surface area contributed by atoms with Crippen LogP contribution in [0.15, 0.2) is 125 Å². The number of phenolic OH excluding ortho intramolecular Hbond substituents is 1. The van der Waals surface area contributed by atoms with Crippen molar-refractivity contribution >= 4 is 10.9 Å². The van der Waals surface area contributed by atoms with Crippen LogP contribution < -0.4 is 15.6 Å². The molecule has 5 N–H and O–H groups in total. The van der Waals surface area contributed by atoms with E-state index in [2.05, 4.69) is 20.2 Å². The van der Waals surface area contributed by atoms with Crippen LogP contribution in [0.1, 0.15) is 46.4 Å². The predicted octanol–water partition coefficient (Wildman–Crippen LogP) is 5.23. The highest BCUT2D eigenvalue weighted by molar-refractivity contribution is 5.87. The van der Waals surface area contributed by atoms with Crippen molar-refractivity contribution in [1.82, 2.24) is 20.2 Å². The lowest BCUT2D eigenvalue weighted by atomic mass is 9.86. The summed E-state index contributed by atoms with van der Waals surface area (Å²) in [6.45, 7) is 2.69. The Morgan fingerprint density at radius 3 is 2.33 bits per heavy atom. The fourth-order valence-corrected chi connectivity index (χ4v) is 5.91. The van der Waals surface area contributed by atoms with E-state index in [0.717, 1.165) is 24.3 Å². The highest BCUT2D eigenvalue weighted by atomic mass is 16.5. The lowest BCUT2D eigenvalue weighted by Crippen LogP contribution is -2.29. The van der Waals surface area contributed by atoms with Crippen molar-refractivity contribution < 1.29 is 24.5 Å². The highest BCUT2D eigenvalue weighted by Gasteiger charge is 2.38. The van der Waals surface area contributed by atoms with E-state index < -0.39 is 11.7 Å². The molecule has 0 unspecified atom stereocenters. The second-order valence-electron chi connectivity index (χ2n) is 12.1. The number of aromatic amines is 1. The van der Waals surface area contributed by atoms with Crippen LogP contribution in [0.25, 0.3) is 10.9 Å². The number of benzene rings is 4. The summed E-state index contributed by atoms with van der Waals surface area (Å²) in [6, 6.07) is 32.8. The van der Waals surface area contributed by atoms with E-state index in [4.69, 9.17) is 9.15 Å². The summed E-state index contributed by atoms with van der Waals surface area (Å²) in [7, 11) is 2.01. The third kappa shape index (κ3) is 7.90. The maximum Gasteiger partial charge on any atom is 0.248 e. The van der Waals surface area contributed by atoms with E-state index in [1.54, 1.807) is 18.3 Å². The molecule has 6 rings (SSSR count). The molecule has 0 fully saturated rings. The van der Waals surface area contributed by atoms with Crippen LogP contribution in [0.4, 0.5) is 0 Å². The largest absolute Gasteiger partial charge is 0.506 e. The molecule has 10 heteroatoms. The number of H-pyrrole nitrogens is 1. The summed E-state index contributed by atoms with van der Waals surface area (Å²) < 4.78 is 12.1. The molecule has 49 heavy (non-hydrogen) atoms. The smallest absolute Gasteiger partial charge is 0.248 e. The van der Waals surface area contributed by atoms with Gasteiger partial charge in [-0.3, -0.25) is 9.69 Å². The van der Waals surface area contributed by atoms with Gasteiger partial charge in [0.1, 0.15) is 17.3 Å². The Hall–Kier alpha value is -5.26. The van der Waals surface area contributed by atoms with Crippen molar-refractivity contribution in [2.45, 2.75) is 31.2 Å². The van der Waals surface area contributed by atoms with Crippen LogP contribution in [-0.2, 0) is 18.7 Å². The molecule has 0 bridgehead atoms. The minimum atomic E-state index is -1.51. The Balaban J connectivity index is 0.948. The number of aromatic nitrogens is 2. The molecule has 0 saturated carbocycles. The summed E-state index contributed by atoms with van der Waals surface area (Å²) in [5.74, 6) is 1.63. The summed E-state index contributed by atoms with van der Waals surface area (Å²) >= 11 is 0. The van der Waals surface area contributed by atoms with Gasteiger partial charge in [0, 0.05) is 31.1 Å². The molecule has 0 aliphatic rings. The first-order chi connectivity index (χ1) is 23.8. The Morgan fingerprint density at radius 1 is 0.939 bits per heavy atom. The van der Waals surface area contributed by atoms with Crippen LogP contribution in [0.3, 0.4) is 0 Å². The predicted molar refractivity (Wildman–Crippen MR) is 187 cm³/mol. The molecule has 0 aliphatic heterocycles. The van der Waals surface area contributed by atoms with Crippen molar-refractivity contribution in [2.24, 2.45) is 0 Å². The number of aliphatic hydroxyl groups is 2. The van der Waals surface area contributed by atoms with E-state index in [1.165, 1.54) is 12.1 Å². The molecule has 1 atom stereocenters. The van der Waals surface area contributed by atoms with E-state index in [1.807, 2.05) is 92.0 Å². The first-order valence-electron chi connectivity index (χ1n) is 16.2. The molecule has 2 heterocycles. The fraction of sp³-hybridized carbons (Fsp3) is 0.231. The normalized spacial score (nSPS) is 12.4. The molecular weight excluding hydrogens is 620 g/mol. The number of fused-ring (bicyclic) bond motifs is 1. The zero-order chi connectivity index (χ0) is 34.2. The van der Waals surface area contributed by atoms with E-state index in [-0.39, 0.29) is 17.2 Å². The highest BCUT2D eigenvalue weighted by Crippen LogP contribution is 2.36. The number of phenols is 1. The molecule has 252 valence electrons. The Kier molecular flexibility index (Phi) is 10.5. The molecule has 2 aromatic heterocycles. The first kappa shape index (κ1) is 33.6. The lowest BCUT2D eigenvalue weighted by Gasteiger charge is -2.26. The first-order valence-corrected chi connectivity index (χ1v) is 16.2. The van der Waals surface area contributed by atoms with Crippen LogP contribution in [0.2, 0.25) is 0 Å². The van der Waals surface area contributed by atoms with Crippen molar-refractivity contribution in [3.63, 3.8) is 0 Å². The Labute approximate surface area is 284 Å². The number of nitrogens with one attached hydrogen (secondary N) is 2. The van der Waals surface area contributed by atoms with Gasteiger partial charge in [-0.15, -0.1) is 0 Å². The minimum absolute atomic E-state index is 0.0376. The van der Waals surface area contributed by atoms with Crippen molar-refractivity contribution in [2.75, 3.05) is 26.7 Å². The van der Waals surface area contributed by atoms with Gasteiger partial charge in [0.25, 0.3) is 0 Å². The topological polar surface area (TPSA) is 144 Å². The van der Waals surface area contributed by atoms with Gasteiger partial charge in [-0.1, -0.05) is 78.9 Å². The number of nitrogens with zero attached hydrogens (tertiary/aromatic N) is 2. The SMILES string of the molecule is CN(CCCOc1ccc(CNC[C@H](O)c2ccc(O)c3[nH]c(=O)ccc23)cc1)Cc1cnc(C(O)(c2ccccc2)c2ccccc2)o1. The molecule has 4 aromatic carbocycles. The number of pyridine rings is 1. The molecule has 0 spiro atoms.